The van der Waals surface area contributed by atoms with Gasteiger partial charge < -0.3 is 9.80 Å². The predicted octanol–water partition coefficient (Wildman–Crippen LogP) is 0.418. The van der Waals surface area contributed by atoms with Crippen LogP contribution in [0.2, 0.25) is 0 Å². The van der Waals surface area contributed by atoms with Gasteiger partial charge in [-0.1, -0.05) is 6.07 Å². The van der Waals surface area contributed by atoms with Crippen LogP contribution in [0, 0.1) is 18.6 Å². The van der Waals surface area contributed by atoms with Gasteiger partial charge in [-0.3, -0.25) is 0 Å². The number of benzene rings is 1. The number of rotatable bonds is 5. The van der Waals surface area contributed by atoms with Crippen molar-refractivity contribution in [2.45, 2.75) is 27.1 Å². The molecule has 0 radical (unpaired) electrons. The molecule has 1 aliphatic heterocycles. The standard InChI is InChI=1S/C19H24N6S2/c1-15-9-16(2)11-18(10-15)25-19(26)24(20-21-25)14-23-6-4-22(5-7-23)12-17-3-8-27-13-17/h3,8-11,13H,4-7,12,14H2,1-2H3/p+2. The predicted molar refractivity (Wildman–Crippen MR) is 109 cm³/mol. The molecule has 2 N–H and O–H groups in total. The van der Waals surface area contributed by atoms with Crippen LogP contribution in [0.1, 0.15) is 16.7 Å². The Bertz CT molecular complexity index is 931. The highest BCUT2D eigenvalue weighted by atomic mass is 32.1. The molecule has 4 rings (SSSR count). The summed E-state index contributed by atoms with van der Waals surface area (Å²) in [5, 5.41) is 13.1. The molecule has 27 heavy (non-hydrogen) atoms. The fraction of sp³-hybridized carbons (Fsp3) is 0.421. The molecule has 1 fully saturated rings. The first-order valence-electron chi connectivity index (χ1n) is 9.38. The van der Waals surface area contributed by atoms with Gasteiger partial charge in [-0.15, -0.1) is 0 Å². The first kappa shape index (κ1) is 18.5. The van der Waals surface area contributed by atoms with Gasteiger partial charge in [-0.25, -0.2) is 0 Å². The maximum absolute atomic E-state index is 5.65. The Morgan fingerprint density at radius 2 is 1.74 bits per heavy atom. The molecular weight excluding hydrogens is 376 g/mol. The normalized spacial score (nSPS) is 20.1. The van der Waals surface area contributed by atoms with Gasteiger partial charge in [0.25, 0.3) is 0 Å². The third-order valence-electron chi connectivity index (χ3n) is 5.16. The number of hydrogen-bond donors (Lipinski definition) is 2. The molecule has 1 aromatic carbocycles. The number of thiophene rings is 1. The van der Waals surface area contributed by atoms with E-state index >= 15 is 0 Å². The molecule has 0 bridgehead atoms. The molecule has 0 unspecified atom stereocenters. The fourth-order valence-corrected chi connectivity index (χ4v) is 4.71. The fourth-order valence-electron chi connectivity index (χ4n) is 3.79. The summed E-state index contributed by atoms with van der Waals surface area (Å²) in [6, 6.07) is 8.59. The summed E-state index contributed by atoms with van der Waals surface area (Å²) in [6.45, 7) is 10.7. The van der Waals surface area contributed by atoms with Gasteiger partial charge in [0.05, 0.1) is 5.69 Å². The summed E-state index contributed by atoms with van der Waals surface area (Å²) in [4.78, 5) is 3.19. The molecule has 3 aromatic rings. The molecule has 3 heterocycles. The van der Waals surface area contributed by atoms with Crippen molar-refractivity contribution in [3.63, 3.8) is 0 Å². The molecule has 0 saturated carbocycles. The monoisotopic (exact) mass is 402 g/mol. The molecular formula is C19H26N6S2+2. The zero-order valence-electron chi connectivity index (χ0n) is 15.8. The number of nitrogens with zero attached hydrogens (tertiary/aromatic N) is 4. The van der Waals surface area contributed by atoms with E-state index in [9.17, 15) is 0 Å². The summed E-state index contributed by atoms with van der Waals surface area (Å²) in [6.07, 6.45) is 0. The lowest BCUT2D eigenvalue weighted by molar-refractivity contribution is -1.03. The Morgan fingerprint density at radius 1 is 1.04 bits per heavy atom. The van der Waals surface area contributed by atoms with Crippen molar-refractivity contribution in [1.29, 1.82) is 0 Å². The van der Waals surface area contributed by atoms with Crippen LogP contribution in [0.5, 0.6) is 0 Å². The quantitative estimate of drug-likeness (QED) is 0.608. The molecule has 6 nitrogen and oxygen atoms in total. The van der Waals surface area contributed by atoms with Gasteiger partial charge in [0.1, 0.15) is 32.7 Å². The van der Waals surface area contributed by atoms with Gasteiger partial charge in [0.15, 0.2) is 6.67 Å². The van der Waals surface area contributed by atoms with Crippen LogP contribution in [-0.2, 0) is 13.2 Å². The maximum atomic E-state index is 5.65. The molecule has 0 spiro atoms. The third-order valence-corrected chi connectivity index (χ3v) is 6.28. The highest BCUT2D eigenvalue weighted by molar-refractivity contribution is 7.71. The highest BCUT2D eigenvalue weighted by Crippen LogP contribution is 2.12. The van der Waals surface area contributed by atoms with E-state index in [0.29, 0.717) is 4.77 Å². The number of aryl methyl sites for hydroxylation is 2. The lowest BCUT2D eigenvalue weighted by atomic mass is 10.1. The lowest BCUT2D eigenvalue weighted by Gasteiger charge is -2.29. The van der Waals surface area contributed by atoms with Crippen molar-refractivity contribution in [2.24, 2.45) is 0 Å². The third kappa shape index (κ3) is 4.35. The number of hydrogen-bond acceptors (Lipinski definition) is 4. The molecule has 0 atom stereocenters. The Balaban J connectivity index is 1.39. The van der Waals surface area contributed by atoms with Crippen LogP contribution in [0.3, 0.4) is 0 Å². The molecule has 0 amide bonds. The molecule has 0 aliphatic carbocycles. The van der Waals surface area contributed by atoms with Crippen molar-refractivity contribution < 1.29 is 9.80 Å². The summed E-state index contributed by atoms with van der Waals surface area (Å²) < 4.78 is 4.31. The van der Waals surface area contributed by atoms with Crippen LogP contribution in [0.25, 0.3) is 5.69 Å². The van der Waals surface area contributed by atoms with Gasteiger partial charge in [-0.2, -0.15) is 20.7 Å². The highest BCUT2D eigenvalue weighted by Gasteiger charge is 2.24. The second-order valence-electron chi connectivity index (χ2n) is 7.49. The zero-order chi connectivity index (χ0) is 18.8. The van der Waals surface area contributed by atoms with E-state index in [1.807, 2.05) is 4.68 Å². The Hall–Kier alpha value is -1.87. The average Bonchev–Trinajstić information content (AvgIpc) is 3.26. The SMILES string of the molecule is Cc1cc(C)cc(-n2nnn(C[NH+]3CC[NH+](Cc4ccsc4)CC3)c2=S)c1. The second-order valence-corrected chi connectivity index (χ2v) is 8.63. The minimum Gasteiger partial charge on any atom is -0.322 e. The van der Waals surface area contributed by atoms with Gasteiger partial charge in [0.2, 0.25) is 4.77 Å². The maximum Gasteiger partial charge on any atom is 0.225 e. The smallest absolute Gasteiger partial charge is 0.225 e. The van der Waals surface area contributed by atoms with Gasteiger partial charge >= 0.3 is 0 Å². The van der Waals surface area contributed by atoms with Crippen LogP contribution >= 0.6 is 23.6 Å². The molecule has 1 saturated heterocycles. The first-order valence-corrected chi connectivity index (χ1v) is 10.7. The minimum absolute atomic E-state index is 0.667. The zero-order valence-corrected chi connectivity index (χ0v) is 17.4. The van der Waals surface area contributed by atoms with E-state index < -0.39 is 0 Å². The van der Waals surface area contributed by atoms with Crippen LogP contribution in [0.15, 0.2) is 35.0 Å². The lowest BCUT2D eigenvalue weighted by Crippen LogP contribution is -3.27. The van der Waals surface area contributed by atoms with Gasteiger partial charge in [0, 0.05) is 5.56 Å². The molecule has 142 valence electrons. The van der Waals surface area contributed by atoms with Gasteiger partial charge in [-0.05, 0) is 76.6 Å². The van der Waals surface area contributed by atoms with Crippen LogP contribution < -0.4 is 9.80 Å². The average molecular weight is 403 g/mol. The Labute approximate surface area is 168 Å². The number of nitrogens with one attached hydrogen (secondary N) is 2. The number of tetrazole rings is 1. The topological polar surface area (TPSA) is 44.5 Å². The second kappa shape index (κ2) is 8.02. The Kier molecular flexibility index (Phi) is 5.49. The van der Waals surface area contributed by atoms with Crippen LogP contribution in [-0.4, -0.2) is 46.0 Å². The molecule has 1 aliphatic rings. The summed E-state index contributed by atoms with van der Waals surface area (Å²) in [5.74, 6) is 0. The van der Waals surface area contributed by atoms with Crippen LogP contribution in [0.4, 0.5) is 0 Å². The van der Waals surface area contributed by atoms with Crippen molar-refractivity contribution in [1.82, 2.24) is 19.8 Å². The number of quaternary nitrogens is 2. The van der Waals surface area contributed by atoms with E-state index in [1.54, 1.807) is 20.9 Å². The van der Waals surface area contributed by atoms with Crippen molar-refractivity contribution in [3.05, 3.63) is 56.5 Å². The summed E-state index contributed by atoms with van der Waals surface area (Å²) in [7, 11) is 0. The molecule has 2 aromatic heterocycles. The van der Waals surface area contributed by atoms with E-state index in [1.165, 1.54) is 34.7 Å². The number of aromatic nitrogens is 4. The summed E-state index contributed by atoms with van der Waals surface area (Å²) in [5.41, 5.74) is 4.86. The van der Waals surface area contributed by atoms with Crippen molar-refractivity contribution in [3.8, 4) is 5.69 Å². The van der Waals surface area contributed by atoms with E-state index in [0.717, 1.165) is 32.0 Å². The van der Waals surface area contributed by atoms with E-state index in [4.69, 9.17) is 12.2 Å². The first-order chi connectivity index (χ1) is 13.1. The molecule has 8 heteroatoms. The van der Waals surface area contributed by atoms with E-state index in [-0.39, 0.29) is 0 Å². The minimum atomic E-state index is 0.667. The Morgan fingerprint density at radius 3 is 2.41 bits per heavy atom. The van der Waals surface area contributed by atoms with Crippen molar-refractivity contribution in [2.75, 3.05) is 26.2 Å². The number of piperazine rings is 1. The van der Waals surface area contributed by atoms with Crippen molar-refractivity contribution >= 4 is 23.6 Å². The largest absolute Gasteiger partial charge is 0.322 e. The van der Waals surface area contributed by atoms with E-state index in [2.05, 4.69) is 59.3 Å². The summed E-state index contributed by atoms with van der Waals surface area (Å²) >= 11 is 7.43.